The van der Waals surface area contributed by atoms with Crippen molar-refractivity contribution in [3.8, 4) is 0 Å². The average Bonchev–Trinajstić information content (AvgIpc) is 3.22. The Bertz CT molecular complexity index is 762. The zero-order chi connectivity index (χ0) is 27.5. The summed E-state index contributed by atoms with van der Waals surface area (Å²) < 4.78 is 6.35. The molecule has 0 aromatic rings. The maximum Gasteiger partial charge on any atom is 0.306 e. The molecule has 1 N–H and O–H groups in total. The third-order valence-electron chi connectivity index (χ3n) is 12.7. The molecule has 0 aromatic carbocycles. The van der Waals surface area contributed by atoms with Gasteiger partial charge in [0.05, 0.1) is 6.10 Å². The second-order valence-electron chi connectivity index (χ2n) is 15.3. The van der Waals surface area contributed by atoms with Crippen LogP contribution in [-0.2, 0) is 9.53 Å². The van der Waals surface area contributed by atoms with Gasteiger partial charge in [0, 0.05) is 18.3 Å². The van der Waals surface area contributed by atoms with E-state index in [0.29, 0.717) is 30.1 Å². The van der Waals surface area contributed by atoms with Crippen molar-refractivity contribution >= 4 is 5.97 Å². The fraction of sp³-hybridized carbons (Fsp3) is 0.971. The summed E-state index contributed by atoms with van der Waals surface area (Å²) in [7, 11) is 0. The van der Waals surface area contributed by atoms with Crippen LogP contribution < -0.4 is 0 Å². The summed E-state index contributed by atoms with van der Waals surface area (Å²) in [6.45, 7) is 14.6. The molecule has 4 fully saturated rings. The number of carbonyl (C=O) groups is 1. The van der Waals surface area contributed by atoms with E-state index >= 15 is 0 Å². The summed E-state index contributed by atoms with van der Waals surface area (Å²) in [5.41, 5.74) is 0.517. The van der Waals surface area contributed by atoms with Crippen molar-refractivity contribution in [2.75, 3.05) is 0 Å². The normalized spacial score (nSPS) is 41.3. The maximum absolute atomic E-state index is 13.0. The predicted octanol–water partition coefficient (Wildman–Crippen LogP) is 9.35. The molecule has 4 aliphatic carbocycles. The fourth-order valence-electron chi connectivity index (χ4n) is 10.6. The largest absolute Gasteiger partial charge is 0.462 e. The number of hydrogen-bond acceptors (Lipinski definition) is 3. The minimum absolute atomic E-state index is 0.0144. The first-order chi connectivity index (χ1) is 18.1. The minimum Gasteiger partial charge on any atom is -0.462 e. The lowest BCUT2D eigenvalue weighted by Gasteiger charge is -2.62. The topological polar surface area (TPSA) is 46.5 Å². The Hall–Kier alpha value is -0.570. The van der Waals surface area contributed by atoms with Crippen LogP contribution in [0, 0.1) is 52.3 Å². The van der Waals surface area contributed by atoms with Gasteiger partial charge in [-0.25, -0.2) is 0 Å². The molecule has 0 amide bonds. The molecule has 38 heavy (non-hydrogen) atoms. The van der Waals surface area contributed by atoms with Gasteiger partial charge in [-0.1, -0.05) is 86.5 Å². The molecular formula is C35H62O3. The van der Waals surface area contributed by atoms with E-state index in [0.717, 1.165) is 48.9 Å². The zero-order valence-electron chi connectivity index (χ0n) is 26.0. The summed E-state index contributed by atoms with van der Waals surface area (Å²) in [6.07, 6.45) is 19.6. The molecule has 3 heteroatoms. The number of hydrogen-bond donors (Lipinski definition) is 1. The first kappa shape index (κ1) is 30.4. The van der Waals surface area contributed by atoms with Crippen molar-refractivity contribution < 1.29 is 14.6 Å². The average molecular weight is 531 g/mol. The van der Waals surface area contributed by atoms with Gasteiger partial charge in [0.25, 0.3) is 0 Å². The van der Waals surface area contributed by atoms with Gasteiger partial charge in [0.15, 0.2) is 0 Å². The van der Waals surface area contributed by atoms with Crippen molar-refractivity contribution in [2.45, 2.75) is 163 Å². The van der Waals surface area contributed by atoms with E-state index in [4.69, 9.17) is 4.74 Å². The number of aliphatic hydroxyl groups excluding tert-OH is 1. The van der Waals surface area contributed by atoms with Gasteiger partial charge in [-0.3, -0.25) is 4.79 Å². The Balaban J connectivity index is 1.44. The van der Waals surface area contributed by atoms with Crippen LogP contribution in [0.25, 0.3) is 0 Å². The van der Waals surface area contributed by atoms with Crippen molar-refractivity contribution in [1.29, 1.82) is 0 Å². The van der Waals surface area contributed by atoms with E-state index in [1.165, 1.54) is 77.0 Å². The van der Waals surface area contributed by atoms with Crippen LogP contribution in [0.1, 0.15) is 151 Å². The summed E-state index contributed by atoms with van der Waals surface area (Å²) in [4.78, 5) is 13.0. The van der Waals surface area contributed by atoms with Gasteiger partial charge < -0.3 is 9.84 Å². The molecule has 0 aliphatic heterocycles. The highest BCUT2D eigenvalue weighted by Crippen LogP contribution is 2.68. The third-order valence-corrected chi connectivity index (χ3v) is 12.7. The van der Waals surface area contributed by atoms with Crippen LogP contribution in [0.2, 0.25) is 0 Å². The van der Waals surface area contributed by atoms with Crippen LogP contribution in [-0.4, -0.2) is 23.3 Å². The Kier molecular flexibility index (Phi) is 10.4. The van der Waals surface area contributed by atoms with E-state index in [-0.39, 0.29) is 23.6 Å². The number of esters is 1. The Morgan fingerprint density at radius 2 is 1.66 bits per heavy atom. The van der Waals surface area contributed by atoms with E-state index in [1.807, 2.05) is 0 Å². The van der Waals surface area contributed by atoms with Gasteiger partial charge in [-0.2, -0.15) is 0 Å². The molecule has 0 bridgehead atoms. The molecule has 10 atom stereocenters. The van der Waals surface area contributed by atoms with Crippen molar-refractivity contribution in [2.24, 2.45) is 52.3 Å². The highest BCUT2D eigenvalue weighted by atomic mass is 16.5. The summed E-state index contributed by atoms with van der Waals surface area (Å²) in [5, 5.41) is 10.8. The molecule has 0 saturated heterocycles. The van der Waals surface area contributed by atoms with Crippen LogP contribution >= 0.6 is 0 Å². The number of aliphatic hydroxyl groups is 1. The molecule has 4 rings (SSSR count). The molecule has 0 aromatic heterocycles. The van der Waals surface area contributed by atoms with E-state index in [9.17, 15) is 9.90 Å². The lowest BCUT2D eigenvalue weighted by Crippen LogP contribution is -2.60. The smallest absolute Gasteiger partial charge is 0.306 e. The van der Waals surface area contributed by atoms with E-state index < -0.39 is 0 Å². The Morgan fingerprint density at radius 1 is 0.895 bits per heavy atom. The van der Waals surface area contributed by atoms with Gasteiger partial charge in [0.1, 0.15) is 6.10 Å². The van der Waals surface area contributed by atoms with Crippen molar-refractivity contribution in [3.05, 3.63) is 0 Å². The Labute approximate surface area is 235 Å². The van der Waals surface area contributed by atoms with E-state index in [1.54, 1.807) is 0 Å². The molecule has 4 aliphatic rings. The first-order valence-electron chi connectivity index (χ1n) is 17.0. The fourth-order valence-corrected chi connectivity index (χ4v) is 10.6. The standard InChI is InChI=1S/C35H62O3/c1-7-8-9-10-11-15-33(37)38-32-23-27(36)22-26-16-17-28-30-19-18-29(25(4)14-12-13-24(2)3)34(30,5)21-20-31(28)35(26,32)6/h24-32,36H,7-23H2,1-6H3/t25-,26-,27+,28-,29-,30+,31+,32?,34-,35+/m1/s1. The van der Waals surface area contributed by atoms with Crippen LogP contribution in [0.5, 0.6) is 0 Å². The van der Waals surface area contributed by atoms with Gasteiger partial charge in [0.2, 0.25) is 0 Å². The molecule has 0 heterocycles. The van der Waals surface area contributed by atoms with Crippen LogP contribution in [0.15, 0.2) is 0 Å². The highest BCUT2D eigenvalue weighted by molar-refractivity contribution is 5.69. The SMILES string of the molecule is CCCCCCCC(=O)OC1C[C@@H](O)C[C@H]2CC[C@@H]3[C@@H]4CC[C@H]([C@H](C)CCCC(C)C)[C@@]4(C)CC[C@@H]3[C@@]12C. The van der Waals surface area contributed by atoms with Crippen molar-refractivity contribution in [3.63, 3.8) is 0 Å². The second kappa shape index (κ2) is 12.9. The van der Waals surface area contributed by atoms with E-state index in [2.05, 4.69) is 41.5 Å². The highest BCUT2D eigenvalue weighted by Gasteiger charge is 2.63. The Morgan fingerprint density at radius 3 is 2.39 bits per heavy atom. The van der Waals surface area contributed by atoms with Crippen LogP contribution in [0.3, 0.4) is 0 Å². The quantitative estimate of drug-likeness (QED) is 0.202. The number of unbranched alkanes of at least 4 members (excludes halogenated alkanes) is 4. The van der Waals surface area contributed by atoms with Crippen LogP contribution in [0.4, 0.5) is 0 Å². The lowest BCUT2D eigenvalue weighted by atomic mass is 9.43. The lowest BCUT2D eigenvalue weighted by molar-refractivity contribution is -0.203. The predicted molar refractivity (Wildman–Crippen MR) is 158 cm³/mol. The van der Waals surface area contributed by atoms with Crippen molar-refractivity contribution in [1.82, 2.24) is 0 Å². The van der Waals surface area contributed by atoms with Gasteiger partial charge in [-0.05, 0) is 98.2 Å². The number of ether oxygens (including phenoxy) is 1. The molecule has 3 nitrogen and oxygen atoms in total. The number of carbonyl (C=O) groups excluding carboxylic acids is 1. The molecule has 220 valence electrons. The minimum atomic E-state index is -0.316. The van der Waals surface area contributed by atoms with Gasteiger partial charge >= 0.3 is 5.97 Å². The van der Waals surface area contributed by atoms with Gasteiger partial charge in [-0.15, -0.1) is 0 Å². The molecule has 0 radical (unpaired) electrons. The molecule has 1 unspecified atom stereocenters. The summed E-state index contributed by atoms with van der Waals surface area (Å²) in [6, 6.07) is 0. The summed E-state index contributed by atoms with van der Waals surface area (Å²) >= 11 is 0. The zero-order valence-corrected chi connectivity index (χ0v) is 26.0. The molecule has 4 saturated carbocycles. The number of fused-ring (bicyclic) bond motifs is 5. The monoisotopic (exact) mass is 530 g/mol. The maximum atomic E-state index is 13.0. The number of rotatable bonds is 12. The molecular weight excluding hydrogens is 468 g/mol. The second-order valence-corrected chi connectivity index (χ2v) is 15.3. The summed E-state index contributed by atoms with van der Waals surface area (Å²) in [5.74, 6) is 5.25. The first-order valence-corrected chi connectivity index (χ1v) is 17.0. The molecule has 0 spiro atoms. The third kappa shape index (κ3) is 6.18.